The van der Waals surface area contributed by atoms with Crippen LogP contribution in [0.2, 0.25) is 0 Å². The molecule has 1 saturated heterocycles. The van der Waals surface area contributed by atoms with Crippen molar-refractivity contribution in [1.82, 2.24) is 0 Å². The van der Waals surface area contributed by atoms with Gasteiger partial charge in [0.25, 0.3) is 0 Å². The molecule has 1 aliphatic rings. The summed E-state index contributed by atoms with van der Waals surface area (Å²) in [6.45, 7) is 1.15. The first-order valence-electron chi connectivity index (χ1n) is 6.61. The van der Waals surface area contributed by atoms with E-state index in [0.29, 0.717) is 17.2 Å². The number of hydrogen-bond donors (Lipinski definition) is 1. The fourth-order valence-electron chi connectivity index (χ4n) is 2.15. The number of carbonyl (C=O) groups is 1. The van der Waals surface area contributed by atoms with Gasteiger partial charge in [-0.1, -0.05) is 0 Å². The molecule has 4 nitrogen and oxygen atoms in total. The van der Waals surface area contributed by atoms with Crippen molar-refractivity contribution in [1.29, 1.82) is 0 Å². The molecule has 6 heteroatoms. The summed E-state index contributed by atoms with van der Waals surface area (Å²) in [6.07, 6.45) is 4.12. The van der Waals surface area contributed by atoms with Crippen molar-refractivity contribution in [2.45, 2.75) is 31.8 Å². The van der Waals surface area contributed by atoms with E-state index in [1.54, 1.807) is 0 Å². The van der Waals surface area contributed by atoms with Crippen LogP contribution in [-0.2, 0) is 9.47 Å². The molecule has 1 unspecified atom stereocenters. The van der Waals surface area contributed by atoms with Crippen LogP contribution in [0, 0.1) is 5.82 Å². The van der Waals surface area contributed by atoms with E-state index in [1.165, 1.54) is 6.07 Å². The van der Waals surface area contributed by atoms with Gasteiger partial charge in [0, 0.05) is 11.1 Å². The molecule has 0 aliphatic carbocycles. The Kier molecular flexibility index (Phi) is 5.37. The third-order valence-corrected chi connectivity index (χ3v) is 3.89. The summed E-state index contributed by atoms with van der Waals surface area (Å²) in [5.74, 6) is -1.07. The number of ether oxygens (including phenoxy) is 2. The van der Waals surface area contributed by atoms with E-state index in [9.17, 15) is 9.18 Å². The number of carbonyl (C=O) groups excluding carboxylic acids is 1. The van der Waals surface area contributed by atoms with Gasteiger partial charge >= 0.3 is 5.97 Å². The van der Waals surface area contributed by atoms with Crippen molar-refractivity contribution >= 4 is 27.6 Å². The minimum atomic E-state index is -0.563. The van der Waals surface area contributed by atoms with Crippen LogP contribution in [0.3, 0.4) is 0 Å². The van der Waals surface area contributed by atoms with E-state index in [4.69, 9.17) is 15.2 Å². The van der Waals surface area contributed by atoms with E-state index in [2.05, 4.69) is 15.9 Å². The van der Waals surface area contributed by atoms with Crippen molar-refractivity contribution < 1.29 is 18.7 Å². The molecule has 1 aromatic carbocycles. The predicted molar refractivity (Wildman–Crippen MR) is 77.0 cm³/mol. The van der Waals surface area contributed by atoms with E-state index >= 15 is 0 Å². The van der Waals surface area contributed by atoms with Crippen molar-refractivity contribution in [2.75, 3.05) is 18.9 Å². The van der Waals surface area contributed by atoms with E-state index < -0.39 is 11.8 Å². The molecule has 1 fully saturated rings. The normalized spacial score (nSPS) is 18.2. The van der Waals surface area contributed by atoms with Crippen molar-refractivity contribution in [3.05, 3.63) is 28.0 Å². The topological polar surface area (TPSA) is 61.6 Å². The van der Waals surface area contributed by atoms with Gasteiger partial charge < -0.3 is 15.2 Å². The molecule has 0 amide bonds. The number of nitrogen functional groups attached to an aromatic ring is 1. The molecule has 0 aromatic heterocycles. The van der Waals surface area contributed by atoms with Crippen molar-refractivity contribution in [3.63, 3.8) is 0 Å². The Morgan fingerprint density at radius 3 is 3.05 bits per heavy atom. The lowest BCUT2D eigenvalue weighted by Gasteiger charge is -2.10. The third-order valence-electron chi connectivity index (χ3n) is 3.23. The number of rotatable bonds is 5. The van der Waals surface area contributed by atoms with Crippen LogP contribution >= 0.6 is 15.9 Å². The largest absolute Gasteiger partial charge is 0.462 e. The first-order valence-corrected chi connectivity index (χ1v) is 7.40. The molecule has 1 aliphatic heterocycles. The average Bonchev–Trinajstić information content (AvgIpc) is 2.92. The van der Waals surface area contributed by atoms with Crippen LogP contribution < -0.4 is 5.73 Å². The standard InChI is InChI=1S/C14H17BrFNO3/c15-11-8-12(16)13(17)7-10(11)14(18)20-6-2-4-9-3-1-5-19-9/h7-9H,1-6,17H2. The van der Waals surface area contributed by atoms with Gasteiger partial charge in [0.2, 0.25) is 0 Å². The summed E-state index contributed by atoms with van der Waals surface area (Å²) >= 11 is 3.13. The first kappa shape index (κ1) is 15.3. The summed E-state index contributed by atoms with van der Waals surface area (Å²) in [5, 5.41) is 0. The molecule has 1 aromatic rings. The average molecular weight is 346 g/mol. The van der Waals surface area contributed by atoms with E-state index in [-0.39, 0.29) is 11.3 Å². The molecule has 20 heavy (non-hydrogen) atoms. The van der Waals surface area contributed by atoms with Crippen LogP contribution in [0.15, 0.2) is 16.6 Å². The molecular formula is C14H17BrFNO3. The monoisotopic (exact) mass is 345 g/mol. The number of nitrogens with two attached hydrogens (primary N) is 1. The molecule has 0 bridgehead atoms. The van der Waals surface area contributed by atoms with Crippen molar-refractivity contribution in [3.8, 4) is 0 Å². The van der Waals surface area contributed by atoms with Gasteiger partial charge in [-0.15, -0.1) is 0 Å². The zero-order valence-corrected chi connectivity index (χ0v) is 12.6. The summed E-state index contributed by atoms with van der Waals surface area (Å²) < 4.78 is 24.2. The Bertz CT molecular complexity index is 490. The maximum Gasteiger partial charge on any atom is 0.339 e. The van der Waals surface area contributed by atoms with Crippen LogP contribution in [-0.4, -0.2) is 25.3 Å². The molecular weight excluding hydrogens is 329 g/mol. The van der Waals surface area contributed by atoms with Gasteiger partial charge in [0.15, 0.2) is 0 Å². The van der Waals surface area contributed by atoms with Gasteiger partial charge in [0.1, 0.15) is 5.82 Å². The SMILES string of the molecule is Nc1cc(C(=O)OCCCC2CCCO2)c(Br)cc1F. The summed E-state index contributed by atoms with van der Waals surface area (Å²) in [5.41, 5.74) is 5.61. The van der Waals surface area contributed by atoms with E-state index in [1.807, 2.05) is 0 Å². The summed E-state index contributed by atoms with van der Waals surface area (Å²) in [6, 6.07) is 2.44. The van der Waals surface area contributed by atoms with Crippen LogP contribution in [0.5, 0.6) is 0 Å². The lowest BCUT2D eigenvalue weighted by Crippen LogP contribution is -2.11. The lowest BCUT2D eigenvalue weighted by molar-refractivity contribution is 0.0460. The molecule has 0 radical (unpaired) electrons. The Hall–Kier alpha value is -1.14. The Morgan fingerprint density at radius 1 is 1.55 bits per heavy atom. The van der Waals surface area contributed by atoms with Gasteiger partial charge in [-0.05, 0) is 53.7 Å². The molecule has 1 atom stereocenters. The van der Waals surface area contributed by atoms with E-state index in [0.717, 1.165) is 38.4 Å². The molecule has 110 valence electrons. The smallest absolute Gasteiger partial charge is 0.339 e. The van der Waals surface area contributed by atoms with Crippen molar-refractivity contribution in [2.24, 2.45) is 0 Å². The number of esters is 1. The van der Waals surface area contributed by atoms with Gasteiger partial charge in [0.05, 0.1) is 24.0 Å². The van der Waals surface area contributed by atoms with Crippen LogP contribution in [0.1, 0.15) is 36.0 Å². The third kappa shape index (κ3) is 3.93. The molecule has 0 spiro atoms. The Balaban J connectivity index is 1.81. The molecule has 1 heterocycles. The predicted octanol–water partition coefficient (Wildman–Crippen LogP) is 3.29. The lowest BCUT2D eigenvalue weighted by atomic mass is 10.1. The van der Waals surface area contributed by atoms with Crippen LogP contribution in [0.4, 0.5) is 10.1 Å². The molecule has 2 N–H and O–H groups in total. The Morgan fingerprint density at radius 2 is 2.35 bits per heavy atom. The highest BCUT2D eigenvalue weighted by molar-refractivity contribution is 9.10. The quantitative estimate of drug-likeness (QED) is 0.505. The second-order valence-corrected chi connectivity index (χ2v) is 5.62. The fourth-order valence-corrected chi connectivity index (χ4v) is 2.63. The first-order chi connectivity index (χ1) is 9.58. The highest BCUT2D eigenvalue weighted by Crippen LogP contribution is 2.23. The summed E-state index contributed by atoms with van der Waals surface area (Å²) in [7, 11) is 0. The fraction of sp³-hybridized carbons (Fsp3) is 0.500. The van der Waals surface area contributed by atoms with Crippen LogP contribution in [0.25, 0.3) is 0 Å². The minimum Gasteiger partial charge on any atom is -0.462 e. The second-order valence-electron chi connectivity index (χ2n) is 4.77. The summed E-state index contributed by atoms with van der Waals surface area (Å²) in [4.78, 5) is 11.9. The second kappa shape index (κ2) is 7.04. The maximum atomic E-state index is 13.2. The Labute approximate surface area is 125 Å². The molecule has 0 saturated carbocycles. The highest BCUT2D eigenvalue weighted by atomic mass is 79.9. The number of hydrogen-bond acceptors (Lipinski definition) is 4. The maximum absolute atomic E-state index is 13.2. The zero-order valence-electron chi connectivity index (χ0n) is 11.0. The molecule has 2 rings (SSSR count). The highest BCUT2D eigenvalue weighted by Gasteiger charge is 2.17. The number of halogens is 2. The van der Waals surface area contributed by atoms with Gasteiger partial charge in [-0.25, -0.2) is 9.18 Å². The van der Waals surface area contributed by atoms with Gasteiger partial charge in [-0.2, -0.15) is 0 Å². The zero-order chi connectivity index (χ0) is 14.5. The number of benzene rings is 1. The number of anilines is 1. The van der Waals surface area contributed by atoms with Gasteiger partial charge in [-0.3, -0.25) is 0 Å². The minimum absolute atomic E-state index is 0.0699.